The van der Waals surface area contributed by atoms with Crippen LogP contribution in [0.4, 0.5) is 0 Å². The fourth-order valence-corrected chi connectivity index (χ4v) is 3.53. The van der Waals surface area contributed by atoms with Crippen molar-refractivity contribution in [3.05, 3.63) is 36.0 Å². The molecule has 0 aliphatic heterocycles. The van der Waals surface area contributed by atoms with Crippen LogP contribution in [0.1, 0.15) is 128 Å². The van der Waals surface area contributed by atoms with Crippen molar-refractivity contribution >= 4 is 0 Å². The highest BCUT2D eigenvalue weighted by Gasteiger charge is 2.16. The van der Waals surface area contributed by atoms with Gasteiger partial charge in [-0.1, -0.05) is 119 Å². The van der Waals surface area contributed by atoms with Crippen LogP contribution in [0.5, 0.6) is 0 Å². The van der Waals surface area contributed by atoms with Crippen molar-refractivity contribution < 1.29 is 5.11 Å². The van der Waals surface area contributed by atoms with Crippen molar-refractivity contribution in [3.8, 4) is 0 Å². The van der Waals surface area contributed by atoms with Crippen LogP contribution in [0, 0.1) is 29.6 Å². The van der Waals surface area contributed by atoms with E-state index in [0.717, 1.165) is 17.8 Å². The first kappa shape index (κ1) is 35.8. The molecule has 0 rings (SSSR count). The van der Waals surface area contributed by atoms with Crippen LogP contribution in [0.15, 0.2) is 36.0 Å². The van der Waals surface area contributed by atoms with E-state index in [4.69, 9.17) is 5.11 Å². The Morgan fingerprint density at radius 3 is 1.59 bits per heavy atom. The minimum atomic E-state index is 0.250. The van der Waals surface area contributed by atoms with Gasteiger partial charge in [-0.15, -0.1) is 0 Å². The molecule has 0 spiro atoms. The topological polar surface area (TPSA) is 20.2 Å². The van der Waals surface area contributed by atoms with Gasteiger partial charge in [0.1, 0.15) is 0 Å². The number of hydrogen-bond acceptors (Lipinski definition) is 1. The number of aliphatic hydroxyl groups is 1. The van der Waals surface area contributed by atoms with Crippen molar-refractivity contribution in [1.29, 1.82) is 0 Å². The summed E-state index contributed by atoms with van der Waals surface area (Å²) in [7, 11) is 0. The minimum absolute atomic E-state index is 0.250. The highest BCUT2D eigenvalue weighted by Crippen LogP contribution is 2.29. The fraction of sp³-hybridized carbons (Fsp3) is 0.806. The third-order valence-corrected chi connectivity index (χ3v) is 6.70. The molecule has 192 valence electrons. The van der Waals surface area contributed by atoms with Gasteiger partial charge >= 0.3 is 0 Å². The summed E-state index contributed by atoms with van der Waals surface area (Å²) in [5, 5.41) is 7.57. The summed E-state index contributed by atoms with van der Waals surface area (Å²) in [6, 6.07) is 0. The van der Waals surface area contributed by atoms with Crippen molar-refractivity contribution in [2.75, 3.05) is 6.61 Å². The quantitative estimate of drug-likeness (QED) is 0.261. The summed E-state index contributed by atoms with van der Waals surface area (Å²) >= 11 is 0. The lowest BCUT2D eigenvalue weighted by Crippen LogP contribution is -2.11. The molecular weight excluding hydrogens is 388 g/mol. The molecule has 0 saturated heterocycles. The van der Waals surface area contributed by atoms with E-state index in [9.17, 15) is 0 Å². The molecule has 0 aromatic heterocycles. The maximum Gasteiger partial charge on any atom is 0.0402 e. The predicted molar refractivity (Wildman–Crippen MR) is 150 cm³/mol. The molecule has 0 aromatic carbocycles. The number of allylic oxidation sites excluding steroid dienone is 4. The summed E-state index contributed by atoms with van der Waals surface area (Å²) in [4.78, 5) is 0. The van der Waals surface area contributed by atoms with Crippen LogP contribution in [0.25, 0.3) is 0 Å². The van der Waals surface area contributed by atoms with Gasteiger partial charge in [0.15, 0.2) is 0 Å². The SMILES string of the molecule is C=C(/C=C(/C)C(=C)C(C)CCC)C(C)CCC(C)C(C)CCC(C)CC.CCC.CCO. The average molecular weight is 451 g/mol. The second-order valence-corrected chi connectivity index (χ2v) is 10.2. The van der Waals surface area contributed by atoms with Gasteiger partial charge in [0.25, 0.3) is 0 Å². The third-order valence-electron chi connectivity index (χ3n) is 6.70. The third kappa shape index (κ3) is 19.8. The summed E-state index contributed by atoms with van der Waals surface area (Å²) in [5.41, 5.74) is 3.87. The highest BCUT2D eigenvalue weighted by atomic mass is 16.2. The molecule has 0 aliphatic rings. The molecule has 1 heteroatoms. The van der Waals surface area contributed by atoms with Crippen molar-refractivity contribution in [2.24, 2.45) is 29.6 Å². The van der Waals surface area contributed by atoms with Gasteiger partial charge in [-0.25, -0.2) is 0 Å². The van der Waals surface area contributed by atoms with E-state index >= 15 is 0 Å². The number of hydrogen-bond donors (Lipinski definition) is 1. The van der Waals surface area contributed by atoms with Crippen molar-refractivity contribution in [2.45, 2.75) is 128 Å². The van der Waals surface area contributed by atoms with Gasteiger partial charge < -0.3 is 5.11 Å². The van der Waals surface area contributed by atoms with Gasteiger partial charge in [-0.05, 0) is 73.8 Å². The first-order chi connectivity index (χ1) is 15.0. The second-order valence-electron chi connectivity index (χ2n) is 10.2. The van der Waals surface area contributed by atoms with Gasteiger partial charge in [0.2, 0.25) is 0 Å². The molecule has 32 heavy (non-hydrogen) atoms. The molecule has 0 radical (unpaired) electrons. The van der Waals surface area contributed by atoms with E-state index in [1.165, 1.54) is 68.1 Å². The Balaban J connectivity index is -0.00000125. The zero-order valence-electron chi connectivity index (χ0n) is 24.2. The fourth-order valence-electron chi connectivity index (χ4n) is 3.53. The Bertz CT molecular complexity index is 471. The maximum atomic E-state index is 7.57. The molecule has 1 N–H and O–H groups in total. The standard InChI is InChI=1S/C26H48.C3H8.C2H6O/c1-11-13-23(7)26(10)25(9)18-24(8)22(6)17-16-21(5)20(4)15-14-19(3)12-2;1-3-2;1-2-3/h18-23H,8,10-17H2,1-7,9H3;3H2,1-2H3;3H,2H2,1H3/b25-18-;;. The Kier molecular flexibility index (Phi) is 26.1. The average Bonchev–Trinajstić information content (AvgIpc) is 2.75. The summed E-state index contributed by atoms with van der Waals surface area (Å²) in [5.74, 6) is 3.64. The molecule has 5 unspecified atom stereocenters. The second kappa shape index (κ2) is 23.3. The Morgan fingerprint density at radius 1 is 0.750 bits per heavy atom. The Hall–Kier alpha value is -0.820. The molecule has 0 bridgehead atoms. The lowest BCUT2D eigenvalue weighted by Gasteiger charge is -2.23. The first-order valence-corrected chi connectivity index (χ1v) is 13.6. The van der Waals surface area contributed by atoms with Crippen molar-refractivity contribution in [1.82, 2.24) is 0 Å². The molecule has 0 saturated carbocycles. The molecular formula is C31H62O. The maximum absolute atomic E-state index is 7.57. The molecule has 1 nitrogen and oxygen atoms in total. The van der Waals surface area contributed by atoms with Crippen LogP contribution < -0.4 is 0 Å². The van der Waals surface area contributed by atoms with Crippen molar-refractivity contribution in [3.63, 3.8) is 0 Å². The molecule has 5 atom stereocenters. The zero-order valence-corrected chi connectivity index (χ0v) is 24.2. The van der Waals surface area contributed by atoms with E-state index in [0.29, 0.717) is 11.8 Å². The van der Waals surface area contributed by atoms with Gasteiger partial charge in [-0.3, -0.25) is 0 Å². The Labute approximate surface area is 204 Å². The van der Waals surface area contributed by atoms with Crippen LogP contribution in [0.3, 0.4) is 0 Å². The Morgan fingerprint density at radius 2 is 1.19 bits per heavy atom. The monoisotopic (exact) mass is 450 g/mol. The summed E-state index contributed by atoms with van der Waals surface area (Å²) in [6.07, 6.45) is 12.6. The normalized spacial score (nSPS) is 15.8. The smallest absolute Gasteiger partial charge is 0.0402 e. The van der Waals surface area contributed by atoms with E-state index in [1.807, 2.05) is 0 Å². The summed E-state index contributed by atoms with van der Waals surface area (Å²) < 4.78 is 0. The highest BCUT2D eigenvalue weighted by molar-refractivity contribution is 5.35. The minimum Gasteiger partial charge on any atom is -0.397 e. The van der Waals surface area contributed by atoms with Crippen LogP contribution in [-0.2, 0) is 0 Å². The lowest BCUT2D eigenvalue weighted by atomic mass is 9.83. The van der Waals surface area contributed by atoms with E-state index in [1.54, 1.807) is 6.92 Å². The zero-order chi connectivity index (χ0) is 25.7. The number of rotatable bonds is 14. The molecule has 0 fully saturated rings. The van der Waals surface area contributed by atoms with Crippen LogP contribution in [-0.4, -0.2) is 11.7 Å². The van der Waals surface area contributed by atoms with Gasteiger partial charge in [-0.2, -0.15) is 0 Å². The molecule has 0 amide bonds. The first-order valence-electron chi connectivity index (χ1n) is 13.6. The van der Waals surface area contributed by atoms with E-state index in [2.05, 4.69) is 88.5 Å². The molecule has 0 aromatic rings. The van der Waals surface area contributed by atoms with E-state index in [-0.39, 0.29) is 6.61 Å². The predicted octanol–water partition coefficient (Wildman–Crippen LogP) is 10.4. The van der Waals surface area contributed by atoms with Crippen LogP contribution in [0.2, 0.25) is 0 Å². The lowest BCUT2D eigenvalue weighted by molar-refractivity contribution is 0.301. The largest absolute Gasteiger partial charge is 0.397 e. The van der Waals surface area contributed by atoms with Gasteiger partial charge in [0.05, 0.1) is 0 Å². The van der Waals surface area contributed by atoms with E-state index < -0.39 is 0 Å². The number of aliphatic hydroxyl groups excluding tert-OH is 1. The molecule has 0 aliphatic carbocycles. The van der Waals surface area contributed by atoms with Crippen LogP contribution >= 0.6 is 0 Å². The van der Waals surface area contributed by atoms with Gasteiger partial charge in [0, 0.05) is 6.61 Å². The molecule has 0 heterocycles. The summed E-state index contributed by atoms with van der Waals surface area (Å²) in [6.45, 7) is 33.5.